The number of aromatic nitrogens is 3. The molecule has 104 valence electrons. The zero-order valence-electron chi connectivity index (χ0n) is 10.3. The first kappa shape index (κ1) is 13.5. The average molecular weight is 276 g/mol. The summed E-state index contributed by atoms with van der Waals surface area (Å²) in [6, 6.07) is 1.39. The number of amides is 1. The molecule has 8 heteroatoms. The Balaban J connectivity index is 2.10. The van der Waals surface area contributed by atoms with Crippen LogP contribution in [0.1, 0.15) is 16.1 Å². The van der Waals surface area contributed by atoms with E-state index in [9.17, 15) is 14.4 Å². The fourth-order valence-electron chi connectivity index (χ4n) is 1.64. The van der Waals surface area contributed by atoms with E-state index in [1.807, 2.05) is 0 Å². The van der Waals surface area contributed by atoms with E-state index in [0.29, 0.717) is 5.69 Å². The van der Waals surface area contributed by atoms with Crippen LogP contribution in [-0.4, -0.2) is 38.0 Å². The lowest BCUT2D eigenvalue weighted by Crippen LogP contribution is -2.42. The third-order valence-electron chi connectivity index (χ3n) is 2.62. The minimum atomic E-state index is -1.17. The van der Waals surface area contributed by atoms with Crippen LogP contribution in [0.15, 0.2) is 35.6 Å². The molecule has 0 aliphatic carbocycles. The van der Waals surface area contributed by atoms with Gasteiger partial charge in [0.25, 0.3) is 5.91 Å². The van der Waals surface area contributed by atoms with Crippen molar-refractivity contribution in [3.05, 3.63) is 52.5 Å². The van der Waals surface area contributed by atoms with Crippen molar-refractivity contribution < 1.29 is 14.7 Å². The molecule has 0 fully saturated rings. The largest absolute Gasteiger partial charge is 0.480 e. The Labute approximate surface area is 112 Å². The molecule has 1 unspecified atom stereocenters. The number of carbonyl (C=O) groups excluding carboxylic acids is 1. The van der Waals surface area contributed by atoms with Crippen LogP contribution in [-0.2, 0) is 11.2 Å². The Morgan fingerprint density at radius 3 is 2.80 bits per heavy atom. The lowest BCUT2D eigenvalue weighted by Gasteiger charge is -2.13. The lowest BCUT2D eigenvalue weighted by atomic mass is 10.1. The summed E-state index contributed by atoms with van der Waals surface area (Å²) in [5.41, 5.74) is 0.256. The summed E-state index contributed by atoms with van der Waals surface area (Å²) >= 11 is 0. The minimum absolute atomic E-state index is 0.0737. The first-order valence-electron chi connectivity index (χ1n) is 5.76. The molecule has 1 amide bonds. The van der Waals surface area contributed by atoms with Crippen LogP contribution < -0.4 is 10.9 Å². The van der Waals surface area contributed by atoms with Gasteiger partial charge in [0.05, 0.1) is 6.33 Å². The van der Waals surface area contributed by atoms with E-state index in [4.69, 9.17) is 5.11 Å². The van der Waals surface area contributed by atoms with Crippen LogP contribution in [0.3, 0.4) is 0 Å². The number of H-pyrrole nitrogens is 2. The number of carboxylic acid groups (broad SMARTS) is 1. The van der Waals surface area contributed by atoms with Crippen molar-refractivity contribution >= 4 is 11.9 Å². The number of rotatable bonds is 5. The quantitative estimate of drug-likeness (QED) is 0.586. The van der Waals surface area contributed by atoms with Gasteiger partial charge in [-0.3, -0.25) is 9.59 Å². The van der Waals surface area contributed by atoms with E-state index in [-0.39, 0.29) is 12.0 Å². The highest BCUT2D eigenvalue weighted by molar-refractivity contribution is 5.96. The molecule has 2 aromatic rings. The Bertz CT molecular complexity index is 662. The molecular formula is C12H12N4O4. The third kappa shape index (κ3) is 3.31. The SMILES string of the molecule is O=C(NC(Cc1cnc[nH]1)C(=O)O)c1cc[nH]c(=O)c1. The highest BCUT2D eigenvalue weighted by Gasteiger charge is 2.21. The molecule has 0 bridgehead atoms. The molecule has 2 aromatic heterocycles. The van der Waals surface area contributed by atoms with E-state index < -0.39 is 23.5 Å². The third-order valence-corrected chi connectivity index (χ3v) is 2.62. The van der Waals surface area contributed by atoms with Gasteiger partial charge in [0.2, 0.25) is 5.56 Å². The number of nitrogens with zero attached hydrogens (tertiary/aromatic N) is 1. The number of aromatic amines is 2. The summed E-state index contributed by atoms with van der Waals surface area (Å²) in [5.74, 6) is -1.79. The van der Waals surface area contributed by atoms with Crippen molar-refractivity contribution in [2.75, 3.05) is 0 Å². The maximum absolute atomic E-state index is 11.9. The highest BCUT2D eigenvalue weighted by atomic mass is 16.4. The Morgan fingerprint density at radius 1 is 1.40 bits per heavy atom. The smallest absolute Gasteiger partial charge is 0.326 e. The number of imidazole rings is 1. The van der Waals surface area contributed by atoms with Crippen molar-refractivity contribution in [3.8, 4) is 0 Å². The van der Waals surface area contributed by atoms with Gasteiger partial charge >= 0.3 is 5.97 Å². The van der Waals surface area contributed by atoms with E-state index in [2.05, 4.69) is 20.3 Å². The van der Waals surface area contributed by atoms with E-state index in [0.717, 1.165) is 6.07 Å². The van der Waals surface area contributed by atoms with Crippen LogP contribution in [0.2, 0.25) is 0 Å². The zero-order valence-corrected chi connectivity index (χ0v) is 10.3. The van der Waals surface area contributed by atoms with Crippen molar-refractivity contribution in [3.63, 3.8) is 0 Å². The van der Waals surface area contributed by atoms with Crippen LogP contribution >= 0.6 is 0 Å². The second kappa shape index (κ2) is 5.83. The summed E-state index contributed by atoms with van der Waals surface area (Å²) in [7, 11) is 0. The summed E-state index contributed by atoms with van der Waals surface area (Å²) in [6.45, 7) is 0. The first-order chi connectivity index (χ1) is 9.56. The molecular weight excluding hydrogens is 264 g/mol. The Kier molecular flexibility index (Phi) is 3.94. The van der Waals surface area contributed by atoms with Crippen molar-refractivity contribution in [1.82, 2.24) is 20.3 Å². The Hall–Kier alpha value is -2.90. The number of hydrogen-bond donors (Lipinski definition) is 4. The number of nitrogens with one attached hydrogen (secondary N) is 3. The Morgan fingerprint density at radius 2 is 2.20 bits per heavy atom. The average Bonchev–Trinajstić information content (AvgIpc) is 2.90. The fraction of sp³-hybridized carbons (Fsp3) is 0.167. The van der Waals surface area contributed by atoms with Gasteiger partial charge in [-0.15, -0.1) is 0 Å². The van der Waals surface area contributed by atoms with Crippen molar-refractivity contribution in [2.24, 2.45) is 0 Å². The molecule has 8 nitrogen and oxygen atoms in total. The summed E-state index contributed by atoms with van der Waals surface area (Å²) < 4.78 is 0. The van der Waals surface area contributed by atoms with Gasteiger partial charge in [-0.05, 0) is 6.07 Å². The second-order valence-electron chi connectivity index (χ2n) is 4.09. The molecule has 0 aliphatic heterocycles. The molecule has 4 N–H and O–H groups in total. The second-order valence-corrected chi connectivity index (χ2v) is 4.09. The van der Waals surface area contributed by atoms with Gasteiger partial charge in [-0.1, -0.05) is 0 Å². The molecule has 2 rings (SSSR count). The van der Waals surface area contributed by atoms with Gasteiger partial charge in [-0.25, -0.2) is 9.78 Å². The zero-order chi connectivity index (χ0) is 14.5. The summed E-state index contributed by atoms with van der Waals surface area (Å²) in [4.78, 5) is 43.0. The number of aliphatic carboxylic acids is 1. The van der Waals surface area contributed by atoms with Crippen LogP contribution in [0.4, 0.5) is 0 Å². The maximum Gasteiger partial charge on any atom is 0.326 e. The van der Waals surface area contributed by atoms with Crippen molar-refractivity contribution in [2.45, 2.75) is 12.5 Å². The van der Waals surface area contributed by atoms with Gasteiger partial charge in [0.1, 0.15) is 6.04 Å². The van der Waals surface area contributed by atoms with Crippen LogP contribution in [0.25, 0.3) is 0 Å². The molecule has 20 heavy (non-hydrogen) atoms. The number of hydrogen-bond acceptors (Lipinski definition) is 4. The molecule has 0 aliphatic rings. The van der Waals surface area contributed by atoms with E-state index in [1.54, 1.807) is 0 Å². The number of carboxylic acids is 1. The molecule has 0 saturated heterocycles. The van der Waals surface area contributed by atoms with E-state index in [1.165, 1.54) is 24.8 Å². The van der Waals surface area contributed by atoms with Gasteiger partial charge in [-0.2, -0.15) is 0 Å². The molecule has 1 atom stereocenters. The van der Waals surface area contributed by atoms with Gasteiger partial charge < -0.3 is 20.4 Å². The van der Waals surface area contributed by atoms with Crippen LogP contribution in [0.5, 0.6) is 0 Å². The fourth-order valence-corrected chi connectivity index (χ4v) is 1.64. The maximum atomic E-state index is 11.9. The number of pyridine rings is 1. The van der Waals surface area contributed by atoms with Crippen LogP contribution in [0, 0.1) is 0 Å². The predicted molar refractivity (Wildman–Crippen MR) is 68.2 cm³/mol. The minimum Gasteiger partial charge on any atom is -0.480 e. The molecule has 0 aromatic carbocycles. The van der Waals surface area contributed by atoms with Crippen molar-refractivity contribution in [1.29, 1.82) is 0 Å². The molecule has 2 heterocycles. The first-order valence-corrected chi connectivity index (χ1v) is 5.76. The van der Waals surface area contributed by atoms with Gasteiger partial charge in [0.15, 0.2) is 0 Å². The summed E-state index contributed by atoms with van der Waals surface area (Å²) in [5, 5.41) is 11.5. The topological polar surface area (TPSA) is 128 Å². The predicted octanol–water partition coefficient (Wildman–Crippen LogP) is -0.476. The number of carbonyl (C=O) groups is 2. The summed E-state index contributed by atoms with van der Waals surface area (Å²) in [6.07, 6.45) is 4.30. The van der Waals surface area contributed by atoms with Gasteiger partial charge in [0, 0.05) is 36.1 Å². The lowest BCUT2D eigenvalue weighted by molar-refractivity contribution is -0.139. The molecule has 0 saturated carbocycles. The highest BCUT2D eigenvalue weighted by Crippen LogP contribution is 2.01. The molecule has 0 spiro atoms. The van der Waals surface area contributed by atoms with E-state index >= 15 is 0 Å². The monoisotopic (exact) mass is 276 g/mol. The molecule has 0 radical (unpaired) electrons. The normalized spacial score (nSPS) is 11.8. The standard InChI is InChI=1S/C12H12N4O4/c17-10-3-7(1-2-14-10)11(18)16-9(12(19)20)4-8-5-13-6-15-8/h1-3,5-6,9H,4H2,(H,13,15)(H,14,17)(H,16,18)(H,19,20).